The Hall–Kier alpha value is -1.81. The van der Waals surface area contributed by atoms with Gasteiger partial charge in [-0.3, -0.25) is 4.55 Å². The van der Waals surface area contributed by atoms with Crippen molar-refractivity contribution in [2.24, 2.45) is 16.7 Å². The maximum absolute atomic E-state index is 11.5. The third-order valence-electron chi connectivity index (χ3n) is 6.50. The summed E-state index contributed by atoms with van der Waals surface area (Å²) in [6.07, 6.45) is -2.13. The fraction of sp³-hybridized carbons (Fsp3) is 0.571. The van der Waals surface area contributed by atoms with Gasteiger partial charge in [-0.1, -0.05) is 102 Å². The Balaban J connectivity index is 2.00. The number of hydrogen-bond donors (Lipinski definition) is 1. The first kappa shape index (κ1) is 28.8. The molecule has 36 heavy (non-hydrogen) atoms. The molecule has 0 aliphatic carbocycles. The van der Waals surface area contributed by atoms with E-state index in [-0.39, 0.29) is 29.5 Å². The maximum Gasteiger partial charge on any atom is 0.397 e. The lowest BCUT2D eigenvalue weighted by Gasteiger charge is -2.54. The summed E-state index contributed by atoms with van der Waals surface area (Å²) >= 11 is 0. The topological polar surface area (TPSA) is 91.3 Å². The highest BCUT2D eigenvalue weighted by Gasteiger charge is 2.54. The van der Waals surface area contributed by atoms with Crippen LogP contribution in [0.15, 0.2) is 60.7 Å². The average molecular weight is 521 g/mol. The standard InChI is InChI=1S/C28H40O7S/c1-27(2,3)23-25(33-18-21-15-11-8-12-16-21)24(32-17-20-13-9-7-10-14-20)22(19-34-36(29,30)31)35-26(23)28(4,5)6/h7-16,22-26H,17-19H2,1-6H3,(H,29,30,31). The first-order valence-corrected chi connectivity index (χ1v) is 13.7. The van der Waals surface area contributed by atoms with Crippen LogP contribution in [0.3, 0.4) is 0 Å². The Bertz CT molecular complexity index is 1040. The highest BCUT2D eigenvalue weighted by atomic mass is 32.3. The van der Waals surface area contributed by atoms with E-state index in [0.717, 1.165) is 11.1 Å². The smallest absolute Gasteiger partial charge is 0.370 e. The quantitative estimate of drug-likeness (QED) is 0.440. The molecule has 0 bridgehead atoms. The monoisotopic (exact) mass is 520 g/mol. The molecule has 2 aromatic carbocycles. The molecule has 1 heterocycles. The molecule has 200 valence electrons. The van der Waals surface area contributed by atoms with E-state index >= 15 is 0 Å². The minimum Gasteiger partial charge on any atom is -0.370 e. The molecule has 5 atom stereocenters. The summed E-state index contributed by atoms with van der Waals surface area (Å²) in [5.41, 5.74) is 1.49. The van der Waals surface area contributed by atoms with Crippen molar-refractivity contribution in [1.82, 2.24) is 0 Å². The molecular weight excluding hydrogens is 480 g/mol. The van der Waals surface area contributed by atoms with E-state index in [1.54, 1.807) is 0 Å². The molecule has 7 nitrogen and oxygen atoms in total. The van der Waals surface area contributed by atoms with E-state index in [9.17, 15) is 13.0 Å². The van der Waals surface area contributed by atoms with Gasteiger partial charge in [0.2, 0.25) is 0 Å². The molecule has 0 saturated carbocycles. The first-order chi connectivity index (χ1) is 16.8. The summed E-state index contributed by atoms with van der Waals surface area (Å²) in [6.45, 7) is 13.0. The van der Waals surface area contributed by atoms with Gasteiger partial charge < -0.3 is 14.2 Å². The van der Waals surface area contributed by atoms with Gasteiger partial charge in [-0.25, -0.2) is 4.18 Å². The Kier molecular flexibility index (Phi) is 9.36. The van der Waals surface area contributed by atoms with Crippen LogP contribution in [0.4, 0.5) is 0 Å². The zero-order valence-electron chi connectivity index (χ0n) is 22.1. The van der Waals surface area contributed by atoms with Crippen molar-refractivity contribution in [1.29, 1.82) is 0 Å². The van der Waals surface area contributed by atoms with Crippen molar-refractivity contribution in [2.45, 2.75) is 79.2 Å². The number of ether oxygens (including phenoxy) is 3. The third kappa shape index (κ3) is 8.10. The zero-order chi connectivity index (χ0) is 26.6. The molecule has 1 saturated heterocycles. The van der Waals surface area contributed by atoms with E-state index in [4.69, 9.17) is 18.4 Å². The lowest BCUT2D eigenvalue weighted by Crippen LogP contribution is -2.63. The Labute approximate surface area is 216 Å². The third-order valence-corrected chi connectivity index (χ3v) is 6.93. The van der Waals surface area contributed by atoms with Crippen LogP contribution in [0, 0.1) is 16.7 Å². The number of benzene rings is 2. The van der Waals surface area contributed by atoms with Crippen LogP contribution in [-0.4, -0.2) is 44.0 Å². The van der Waals surface area contributed by atoms with Gasteiger partial charge in [-0.05, 0) is 22.0 Å². The second-order valence-electron chi connectivity index (χ2n) is 11.6. The van der Waals surface area contributed by atoms with Crippen molar-refractivity contribution in [3.8, 4) is 0 Å². The summed E-state index contributed by atoms with van der Waals surface area (Å²) in [5.74, 6) is -0.0797. The molecule has 1 aliphatic heterocycles. The van der Waals surface area contributed by atoms with Gasteiger partial charge in [-0.15, -0.1) is 0 Å². The summed E-state index contributed by atoms with van der Waals surface area (Å²) in [6, 6.07) is 19.6. The van der Waals surface area contributed by atoms with E-state index in [2.05, 4.69) is 41.5 Å². The number of rotatable bonds is 9. The van der Waals surface area contributed by atoms with Gasteiger partial charge in [0, 0.05) is 5.92 Å². The molecule has 1 aliphatic rings. The van der Waals surface area contributed by atoms with Crippen molar-refractivity contribution < 1.29 is 31.4 Å². The molecule has 0 aromatic heterocycles. The molecule has 3 rings (SSSR count). The molecule has 0 amide bonds. The van der Waals surface area contributed by atoms with Crippen LogP contribution in [0.2, 0.25) is 0 Å². The molecule has 1 fully saturated rings. The van der Waals surface area contributed by atoms with Gasteiger partial charge >= 0.3 is 10.4 Å². The predicted molar refractivity (Wildman–Crippen MR) is 139 cm³/mol. The average Bonchev–Trinajstić information content (AvgIpc) is 2.79. The molecule has 2 aromatic rings. The largest absolute Gasteiger partial charge is 0.397 e. The zero-order valence-corrected chi connectivity index (χ0v) is 22.9. The van der Waals surface area contributed by atoms with Gasteiger partial charge in [0.1, 0.15) is 12.2 Å². The van der Waals surface area contributed by atoms with Crippen LogP contribution < -0.4 is 0 Å². The van der Waals surface area contributed by atoms with Crippen LogP contribution in [0.1, 0.15) is 52.7 Å². The normalized spacial score (nSPS) is 25.6. The van der Waals surface area contributed by atoms with Crippen molar-refractivity contribution in [3.63, 3.8) is 0 Å². The van der Waals surface area contributed by atoms with Crippen LogP contribution in [0.5, 0.6) is 0 Å². The van der Waals surface area contributed by atoms with Crippen molar-refractivity contribution >= 4 is 10.4 Å². The van der Waals surface area contributed by atoms with Crippen LogP contribution in [-0.2, 0) is 42.0 Å². The Morgan fingerprint density at radius 3 is 1.67 bits per heavy atom. The maximum atomic E-state index is 11.5. The van der Waals surface area contributed by atoms with Crippen molar-refractivity contribution in [3.05, 3.63) is 71.8 Å². The summed E-state index contributed by atoms with van der Waals surface area (Å²) in [4.78, 5) is 0. The summed E-state index contributed by atoms with van der Waals surface area (Å²) in [7, 11) is -4.66. The SMILES string of the molecule is CC(C)(C)C1OC(COS(=O)(=O)O)C(OCc2ccccc2)C(OCc2ccccc2)C1C(C)(C)C. The van der Waals surface area contributed by atoms with Gasteiger partial charge in [0.25, 0.3) is 0 Å². The fourth-order valence-electron chi connectivity index (χ4n) is 4.85. The molecule has 0 radical (unpaired) electrons. The highest BCUT2D eigenvalue weighted by molar-refractivity contribution is 7.80. The Morgan fingerprint density at radius 2 is 1.25 bits per heavy atom. The van der Waals surface area contributed by atoms with E-state index < -0.39 is 28.7 Å². The van der Waals surface area contributed by atoms with Gasteiger partial charge in [-0.2, -0.15) is 8.42 Å². The molecule has 8 heteroatoms. The fourth-order valence-corrected chi connectivity index (χ4v) is 5.16. The van der Waals surface area contributed by atoms with E-state index in [1.165, 1.54) is 0 Å². The molecule has 0 spiro atoms. The van der Waals surface area contributed by atoms with Gasteiger partial charge in [0.05, 0.1) is 32.0 Å². The van der Waals surface area contributed by atoms with Crippen LogP contribution >= 0.6 is 0 Å². The van der Waals surface area contributed by atoms with Gasteiger partial charge in [0.15, 0.2) is 0 Å². The second kappa shape index (κ2) is 11.7. The highest BCUT2D eigenvalue weighted by Crippen LogP contribution is 2.47. The predicted octanol–water partition coefficient (Wildman–Crippen LogP) is 5.45. The first-order valence-electron chi connectivity index (χ1n) is 12.3. The molecule has 5 unspecified atom stereocenters. The second-order valence-corrected chi connectivity index (χ2v) is 12.7. The lowest BCUT2D eigenvalue weighted by atomic mass is 9.64. The molecule has 1 N–H and O–H groups in total. The summed E-state index contributed by atoms with van der Waals surface area (Å²) < 4.78 is 56.6. The lowest BCUT2D eigenvalue weighted by molar-refractivity contribution is -0.273. The van der Waals surface area contributed by atoms with Crippen molar-refractivity contribution in [2.75, 3.05) is 6.61 Å². The molecular formula is C28H40O7S. The minimum absolute atomic E-state index is 0.0797. The number of hydrogen-bond acceptors (Lipinski definition) is 6. The van der Waals surface area contributed by atoms with E-state index in [0.29, 0.717) is 13.2 Å². The van der Waals surface area contributed by atoms with E-state index in [1.807, 2.05) is 60.7 Å². The summed E-state index contributed by atoms with van der Waals surface area (Å²) in [5, 5.41) is 0. The van der Waals surface area contributed by atoms with Crippen LogP contribution in [0.25, 0.3) is 0 Å². The minimum atomic E-state index is -4.66. The Morgan fingerprint density at radius 1 is 0.778 bits per heavy atom.